The first-order valence-corrected chi connectivity index (χ1v) is 8.86. The molecule has 2 aliphatic heterocycles. The summed E-state index contributed by atoms with van der Waals surface area (Å²) in [7, 11) is 0.984. The summed E-state index contributed by atoms with van der Waals surface area (Å²) in [5.74, 6) is 1.08. The molecule has 0 aromatic carbocycles. The minimum Gasteiger partial charge on any atom is -0.317 e. The molecular formula is C13H27N3O2S. The van der Waals surface area contributed by atoms with Gasteiger partial charge in [-0.15, -0.1) is 0 Å². The monoisotopic (exact) mass is 289 g/mol. The van der Waals surface area contributed by atoms with Gasteiger partial charge in [-0.2, -0.15) is 0 Å². The predicted octanol–water partition coefficient (Wildman–Crippen LogP) is 0.198. The number of piperidine rings is 1. The lowest BCUT2D eigenvalue weighted by molar-refractivity contribution is 0.262. The van der Waals surface area contributed by atoms with Crippen molar-refractivity contribution in [1.82, 2.24) is 14.5 Å². The van der Waals surface area contributed by atoms with Gasteiger partial charge in [-0.1, -0.05) is 6.92 Å². The van der Waals surface area contributed by atoms with Crippen molar-refractivity contribution in [3.05, 3.63) is 0 Å². The molecule has 5 nitrogen and oxygen atoms in total. The molecular weight excluding hydrogens is 262 g/mol. The highest BCUT2D eigenvalue weighted by Gasteiger charge is 2.38. The summed E-state index contributed by atoms with van der Waals surface area (Å²) in [4.78, 5) is 2.14. The van der Waals surface area contributed by atoms with Gasteiger partial charge in [0, 0.05) is 19.1 Å². The lowest BCUT2D eigenvalue weighted by atomic mass is 10.0. The third kappa shape index (κ3) is 3.68. The highest BCUT2D eigenvalue weighted by atomic mass is 32.2. The maximum Gasteiger partial charge on any atom is 0.214 e. The fourth-order valence-corrected chi connectivity index (χ4v) is 5.24. The van der Waals surface area contributed by atoms with Crippen molar-refractivity contribution in [2.24, 2.45) is 11.8 Å². The fraction of sp³-hybridized carbons (Fsp3) is 1.00. The maximum atomic E-state index is 12.5. The zero-order valence-electron chi connectivity index (χ0n) is 12.3. The molecule has 0 radical (unpaired) electrons. The molecule has 2 heterocycles. The van der Waals surface area contributed by atoms with Gasteiger partial charge in [-0.3, -0.25) is 0 Å². The van der Waals surface area contributed by atoms with Crippen molar-refractivity contribution in [2.75, 3.05) is 46.0 Å². The Balaban J connectivity index is 1.96. The van der Waals surface area contributed by atoms with Crippen LogP contribution in [0.5, 0.6) is 0 Å². The highest BCUT2D eigenvalue weighted by Crippen LogP contribution is 2.25. The first-order chi connectivity index (χ1) is 8.90. The molecule has 0 spiro atoms. The molecule has 0 saturated carbocycles. The first kappa shape index (κ1) is 15.2. The van der Waals surface area contributed by atoms with Crippen LogP contribution in [-0.4, -0.2) is 69.7 Å². The lowest BCUT2D eigenvalue weighted by Gasteiger charge is -2.25. The Morgan fingerprint density at radius 1 is 1.21 bits per heavy atom. The Labute approximate surface area is 117 Å². The van der Waals surface area contributed by atoms with E-state index in [-0.39, 0.29) is 0 Å². The largest absolute Gasteiger partial charge is 0.317 e. The number of likely N-dealkylation sites (N-methyl/N-ethyl adjacent to an activating group) is 1. The van der Waals surface area contributed by atoms with E-state index in [4.69, 9.17) is 0 Å². The van der Waals surface area contributed by atoms with Crippen molar-refractivity contribution < 1.29 is 8.42 Å². The van der Waals surface area contributed by atoms with Gasteiger partial charge in [-0.05, 0) is 51.9 Å². The van der Waals surface area contributed by atoms with Gasteiger partial charge >= 0.3 is 0 Å². The van der Waals surface area contributed by atoms with Crippen LogP contribution in [0.2, 0.25) is 0 Å². The van der Waals surface area contributed by atoms with Gasteiger partial charge in [0.2, 0.25) is 10.0 Å². The van der Waals surface area contributed by atoms with Gasteiger partial charge in [-0.25, -0.2) is 12.7 Å². The number of nitrogens with one attached hydrogen (secondary N) is 1. The molecule has 0 amide bonds. The van der Waals surface area contributed by atoms with Crippen LogP contribution in [0.1, 0.15) is 19.8 Å². The predicted molar refractivity (Wildman–Crippen MR) is 77.6 cm³/mol. The number of rotatable bonds is 4. The van der Waals surface area contributed by atoms with E-state index in [1.807, 2.05) is 14.1 Å². The summed E-state index contributed by atoms with van der Waals surface area (Å²) < 4.78 is 26.7. The van der Waals surface area contributed by atoms with Gasteiger partial charge in [0.25, 0.3) is 0 Å². The zero-order valence-corrected chi connectivity index (χ0v) is 13.1. The van der Waals surface area contributed by atoms with Crippen LogP contribution >= 0.6 is 0 Å². The lowest BCUT2D eigenvalue weighted by Crippen LogP contribution is -2.39. The van der Waals surface area contributed by atoms with Crippen LogP contribution in [0, 0.1) is 11.8 Å². The van der Waals surface area contributed by atoms with Gasteiger partial charge in [0.1, 0.15) is 0 Å². The fourth-order valence-electron chi connectivity index (χ4n) is 3.26. The second kappa shape index (κ2) is 6.08. The summed E-state index contributed by atoms with van der Waals surface area (Å²) in [6.45, 7) is 5.39. The van der Waals surface area contributed by atoms with Crippen molar-refractivity contribution >= 4 is 10.0 Å². The molecule has 2 fully saturated rings. The molecule has 0 aromatic rings. The molecule has 0 aromatic heterocycles. The number of sulfonamides is 1. The van der Waals surface area contributed by atoms with E-state index < -0.39 is 10.0 Å². The molecule has 2 atom stereocenters. The summed E-state index contributed by atoms with van der Waals surface area (Å²) >= 11 is 0. The molecule has 2 rings (SSSR count). The Morgan fingerprint density at radius 2 is 1.84 bits per heavy atom. The molecule has 6 heteroatoms. The van der Waals surface area contributed by atoms with E-state index in [0.29, 0.717) is 36.7 Å². The third-order valence-corrected chi connectivity index (χ3v) is 6.48. The summed E-state index contributed by atoms with van der Waals surface area (Å²) in [5.41, 5.74) is 0. The molecule has 19 heavy (non-hydrogen) atoms. The van der Waals surface area contributed by atoms with Crippen LogP contribution < -0.4 is 5.32 Å². The maximum absolute atomic E-state index is 12.5. The van der Waals surface area contributed by atoms with Crippen LogP contribution in [0.15, 0.2) is 0 Å². The van der Waals surface area contributed by atoms with Crippen molar-refractivity contribution in [3.63, 3.8) is 0 Å². The second-order valence-corrected chi connectivity index (χ2v) is 8.31. The molecule has 1 N–H and O–H groups in total. The van der Waals surface area contributed by atoms with Crippen LogP contribution in [-0.2, 0) is 10.0 Å². The normalized spacial score (nSPS) is 31.2. The number of nitrogens with zero attached hydrogens (tertiary/aromatic N) is 2. The number of hydrogen-bond acceptors (Lipinski definition) is 4. The van der Waals surface area contributed by atoms with Crippen molar-refractivity contribution in [2.45, 2.75) is 25.8 Å². The Bertz CT molecular complexity index is 391. The minimum absolute atomic E-state index is 0.333. The van der Waals surface area contributed by atoms with Gasteiger partial charge in [0.15, 0.2) is 0 Å². The zero-order chi connectivity index (χ0) is 14.0. The Hall–Kier alpha value is -0.170. The van der Waals surface area contributed by atoms with Crippen LogP contribution in [0.25, 0.3) is 0 Å². The van der Waals surface area contributed by atoms with E-state index >= 15 is 0 Å². The molecule has 2 saturated heterocycles. The van der Waals surface area contributed by atoms with Gasteiger partial charge < -0.3 is 10.2 Å². The van der Waals surface area contributed by atoms with E-state index in [1.165, 1.54) is 0 Å². The standard InChI is InChI=1S/C13H27N3O2S/c1-11-8-16(9-13(11)15(2)3)19(17,18)10-12-4-6-14-7-5-12/h11-14H,4-10H2,1-3H3. The van der Waals surface area contributed by atoms with E-state index in [9.17, 15) is 8.42 Å². The summed E-state index contributed by atoms with van der Waals surface area (Å²) in [5, 5.41) is 3.28. The number of hydrogen-bond donors (Lipinski definition) is 1. The minimum atomic E-state index is -3.08. The Kier molecular flexibility index (Phi) is 4.87. The summed E-state index contributed by atoms with van der Waals surface area (Å²) in [6, 6.07) is 0.350. The van der Waals surface area contributed by atoms with Gasteiger partial charge in [0.05, 0.1) is 5.75 Å². The quantitative estimate of drug-likeness (QED) is 0.803. The molecule has 0 aliphatic carbocycles. The van der Waals surface area contributed by atoms with Crippen molar-refractivity contribution in [1.29, 1.82) is 0 Å². The van der Waals surface area contributed by atoms with E-state index in [2.05, 4.69) is 17.1 Å². The Morgan fingerprint density at radius 3 is 2.37 bits per heavy atom. The first-order valence-electron chi connectivity index (χ1n) is 7.25. The van der Waals surface area contributed by atoms with Crippen LogP contribution in [0.4, 0.5) is 0 Å². The highest BCUT2D eigenvalue weighted by molar-refractivity contribution is 7.89. The van der Waals surface area contributed by atoms with E-state index in [0.717, 1.165) is 25.9 Å². The topological polar surface area (TPSA) is 52.7 Å². The molecule has 112 valence electrons. The summed E-state index contributed by atoms with van der Waals surface area (Å²) in [6.07, 6.45) is 1.97. The molecule has 2 aliphatic rings. The van der Waals surface area contributed by atoms with Crippen molar-refractivity contribution in [3.8, 4) is 0 Å². The molecule has 2 unspecified atom stereocenters. The average molecular weight is 289 g/mol. The third-order valence-electron chi connectivity index (χ3n) is 4.50. The second-order valence-electron chi connectivity index (χ2n) is 6.30. The smallest absolute Gasteiger partial charge is 0.214 e. The SMILES string of the molecule is CC1CN(S(=O)(=O)CC2CCNCC2)CC1N(C)C. The van der Waals surface area contributed by atoms with E-state index in [1.54, 1.807) is 4.31 Å². The average Bonchev–Trinajstić information content (AvgIpc) is 2.73. The van der Waals surface area contributed by atoms with Crippen LogP contribution in [0.3, 0.4) is 0 Å². The molecule has 0 bridgehead atoms.